The van der Waals surface area contributed by atoms with Gasteiger partial charge in [-0.2, -0.15) is 0 Å². The number of aromatic nitrogens is 3. The van der Waals surface area contributed by atoms with Crippen LogP contribution in [0.1, 0.15) is 96.1 Å². The van der Waals surface area contributed by atoms with Crippen LogP contribution in [0.15, 0.2) is 156 Å². The zero-order valence-corrected chi connectivity index (χ0v) is 34.3. The average molecular weight is 790 g/mol. The molecule has 5 aliphatic carbocycles. The number of allylic oxidation sites excluding steroid dienone is 14. The Labute approximate surface area is 358 Å². The van der Waals surface area contributed by atoms with E-state index in [1.807, 2.05) is 0 Å². The Kier molecular flexibility index (Phi) is 9.65. The van der Waals surface area contributed by atoms with Gasteiger partial charge < -0.3 is 10.7 Å². The molecule has 0 fully saturated rings. The minimum absolute atomic E-state index is 0.658. The maximum Gasteiger partial charge on any atom is 0.164 e. The minimum atomic E-state index is 0.658. The van der Waals surface area contributed by atoms with Gasteiger partial charge in [0.15, 0.2) is 17.5 Å². The lowest BCUT2D eigenvalue weighted by Gasteiger charge is -2.30. The lowest BCUT2D eigenvalue weighted by Crippen LogP contribution is -2.24. The van der Waals surface area contributed by atoms with Crippen molar-refractivity contribution in [2.45, 2.75) is 64.2 Å². The SMILES string of the molecule is N=C/C(C1=CCCC=C1)=C1\NC(C2=CCCC=C2)=C(c2ccc(-c3nc(C4=CCCC=C4)nc(-c4ccc5c6c(c7c(c5c4)C=CCC7)CCC=C6)n3)cc2)c2ccccc21. The van der Waals surface area contributed by atoms with Crippen molar-refractivity contribution in [1.82, 2.24) is 20.3 Å². The van der Waals surface area contributed by atoms with Gasteiger partial charge in [0.1, 0.15) is 0 Å². The molecule has 5 heteroatoms. The van der Waals surface area contributed by atoms with Crippen LogP contribution in [-0.2, 0) is 12.8 Å². The lowest BCUT2D eigenvalue weighted by molar-refractivity contribution is 0.911. The number of hydrogen-bond acceptors (Lipinski definition) is 5. The fourth-order valence-electron chi connectivity index (χ4n) is 9.88. The quantitative estimate of drug-likeness (QED) is 0.161. The van der Waals surface area contributed by atoms with Crippen molar-refractivity contribution in [3.05, 3.63) is 201 Å². The molecule has 0 spiro atoms. The number of hydrogen-bond donors (Lipinski definition) is 2. The maximum absolute atomic E-state index is 8.59. The summed E-state index contributed by atoms with van der Waals surface area (Å²) in [5.74, 6) is 2.04. The molecule has 61 heavy (non-hydrogen) atoms. The zero-order chi connectivity index (χ0) is 40.7. The highest BCUT2D eigenvalue weighted by molar-refractivity contribution is 6.03. The van der Waals surface area contributed by atoms with Crippen molar-refractivity contribution < 1.29 is 0 Å². The molecule has 5 aromatic rings. The Morgan fingerprint density at radius 3 is 1.79 bits per heavy atom. The first-order valence-corrected chi connectivity index (χ1v) is 22.0. The normalized spacial score (nSPS) is 18.5. The van der Waals surface area contributed by atoms with Gasteiger partial charge in [0.25, 0.3) is 0 Å². The summed E-state index contributed by atoms with van der Waals surface area (Å²) < 4.78 is 0. The molecular weight excluding hydrogens is 743 g/mol. The highest BCUT2D eigenvalue weighted by Crippen LogP contribution is 2.43. The maximum atomic E-state index is 8.59. The van der Waals surface area contributed by atoms with Crippen molar-refractivity contribution >= 4 is 46.0 Å². The highest BCUT2D eigenvalue weighted by atomic mass is 15.0. The van der Waals surface area contributed by atoms with Gasteiger partial charge in [-0.1, -0.05) is 140 Å². The lowest BCUT2D eigenvalue weighted by atomic mass is 9.81. The fourth-order valence-corrected chi connectivity index (χ4v) is 9.88. The second-order valence-corrected chi connectivity index (χ2v) is 16.6. The fraction of sp³-hybridized carbons (Fsp3) is 0.179. The largest absolute Gasteiger partial charge is 0.353 e. The highest BCUT2D eigenvalue weighted by Gasteiger charge is 2.28. The van der Waals surface area contributed by atoms with Crippen LogP contribution in [0.25, 0.3) is 62.5 Å². The molecule has 2 N–H and O–H groups in total. The van der Waals surface area contributed by atoms with E-state index >= 15 is 0 Å². The van der Waals surface area contributed by atoms with Crippen LogP contribution in [0, 0.1) is 5.41 Å². The van der Waals surface area contributed by atoms with Crippen molar-refractivity contribution in [2.24, 2.45) is 0 Å². The average Bonchev–Trinajstić information content (AvgIpc) is 3.35. The van der Waals surface area contributed by atoms with Crippen LogP contribution in [0.2, 0.25) is 0 Å². The van der Waals surface area contributed by atoms with Gasteiger partial charge in [0, 0.05) is 39.6 Å². The van der Waals surface area contributed by atoms with Gasteiger partial charge in [-0.15, -0.1) is 0 Å². The van der Waals surface area contributed by atoms with E-state index in [9.17, 15) is 0 Å². The van der Waals surface area contributed by atoms with Crippen LogP contribution in [-0.4, -0.2) is 21.2 Å². The first-order valence-electron chi connectivity index (χ1n) is 22.0. The monoisotopic (exact) mass is 789 g/mol. The second-order valence-electron chi connectivity index (χ2n) is 16.6. The molecule has 6 aliphatic rings. The summed E-state index contributed by atoms with van der Waals surface area (Å²) in [4.78, 5) is 15.6. The predicted octanol–water partition coefficient (Wildman–Crippen LogP) is 13.3. The molecule has 0 saturated carbocycles. The van der Waals surface area contributed by atoms with E-state index in [0.29, 0.717) is 17.5 Å². The van der Waals surface area contributed by atoms with Crippen molar-refractivity contribution in [3.8, 4) is 22.8 Å². The van der Waals surface area contributed by atoms with E-state index in [-0.39, 0.29) is 0 Å². The molecule has 296 valence electrons. The van der Waals surface area contributed by atoms with Gasteiger partial charge in [-0.3, -0.25) is 0 Å². The topological polar surface area (TPSA) is 74.6 Å². The standard InChI is InChI=1S/C56H47N5/c57-35-50(36-16-4-1-5-17-36)53-48-27-15-14-26-47(48)51(52(58-53)38-18-6-2-7-19-38)37-28-30-40(31-29-37)55-59-54(39-20-8-3-9-21-39)60-56(61-55)41-32-33-46-44-24-11-10-22-42(44)43-23-12-13-25-45(43)49(46)34-41/h4,6,8,11,13-21,24-35,57-58H,1-3,5,7,9-10,12,22-23H2/b53-50+,57-35?. The third-order valence-electron chi connectivity index (χ3n) is 12.9. The van der Waals surface area contributed by atoms with Crippen molar-refractivity contribution in [3.63, 3.8) is 0 Å². The van der Waals surface area contributed by atoms with Crippen LogP contribution >= 0.6 is 0 Å². The summed E-state index contributed by atoms with van der Waals surface area (Å²) in [5.41, 5.74) is 18.4. The smallest absolute Gasteiger partial charge is 0.164 e. The number of rotatable bonds is 7. The summed E-state index contributed by atoms with van der Waals surface area (Å²) in [6.45, 7) is 0. The Hall–Kier alpha value is -6.98. The van der Waals surface area contributed by atoms with Crippen LogP contribution < -0.4 is 5.32 Å². The minimum Gasteiger partial charge on any atom is -0.353 e. The van der Waals surface area contributed by atoms with E-state index in [1.54, 1.807) is 0 Å². The van der Waals surface area contributed by atoms with Crippen molar-refractivity contribution in [2.75, 3.05) is 0 Å². The molecule has 4 aromatic carbocycles. The Bertz CT molecular complexity index is 2990. The molecule has 0 unspecified atom stereocenters. The van der Waals surface area contributed by atoms with E-state index < -0.39 is 0 Å². The Balaban J connectivity index is 1.04. The summed E-state index contributed by atoms with van der Waals surface area (Å²) >= 11 is 0. The molecule has 2 heterocycles. The molecule has 1 aromatic heterocycles. The van der Waals surface area contributed by atoms with Crippen LogP contribution in [0.5, 0.6) is 0 Å². The zero-order valence-electron chi connectivity index (χ0n) is 34.3. The van der Waals surface area contributed by atoms with E-state index in [1.165, 1.54) is 44.8 Å². The number of fused-ring (bicyclic) bond motifs is 7. The van der Waals surface area contributed by atoms with E-state index in [2.05, 4.69) is 151 Å². The number of nitrogens with zero attached hydrogens (tertiary/aromatic N) is 3. The van der Waals surface area contributed by atoms with Crippen molar-refractivity contribution in [1.29, 1.82) is 5.41 Å². The molecular formula is C56H47N5. The molecule has 0 radical (unpaired) electrons. The third-order valence-corrected chi connectivity index (χ3v) is 12.9. The summed E-state index contributed by atoms with van der Waals surface area (Å²) in [6, 6.07) is 24.2. The predicted molar refractivity (Wildman–Crippen MR) is 253 cm³/mol. The van der Waals surface area contributed by atoms with Gasteiger partial charge >= 0.3 is 0 Å². The molecule has 11 rings (SSSR count). The molecule has 0 atom stereocenters. The molecule has 0 saturated heterocycles. The van der Waals surface area contributed by atoms with E-state index in [0.717, 1.165) is 126 Å². The Morgan fingerprint density at radius 2 is 1.11 bits per heavy atom. The second kappa shape index (κ2) is 15.9. The summed E-state index contributed by atoms with van der Waals surface area (Å²) in [6.07, 6.45) is 41.3. The summed E-state index contributed by atoms with van der Waals surface area (Å²) in [5, 5.41) is 15.1. The Morgan fingerprint density at radius 1 is 0.525 bits per heavy atom. The summed E-state index contributed by atoms with van der Waals surface area (Å²) in [7, 11) is 0. The third kappa shape index (κ3) is 6.75. The number of nitrogens with one attached hydrogen (secondary N) is 2. The first-order chi connectivity index (χ1) is 30.2. The van der Waals surface area contributed by atoms with Gasteiger partial charge in [-0.25, -0.2) is 15.0 Å². The van der Waals surface area contributed by atoms with Crippen LogP contribution in [0.3, 0.4) is 0 Å². The van der Waals surface area contributed by atoms with Gasteiger partial charge in [0.05, 0.1) is 11.4 Å². The van der Waals surface area contributed by atoms with Crippen LogP contribution in [0.4, 0.5) is 0 Å². The molecule has 0 bridgehead atoms. The molecule has 0 amide bonds. The van der Waals surface area contributed by atoms with Gasteiger partial charge in [0.2, 0.25) is 0 Å². The number of benzene rings is 4. The first kappa shape index (κ1) is 37.1. The van der Waals surface area contributed by atoms with Gasteiger partial charge in [-0.05, 0) is 126 Å². The molecule has 5 nitrogen and oxygen atoms in total. The molecule has 1 aliphatic heterocycles. The van der Waals surface area contributed by atoms with E-state index in [4.69, 9.17) is 20.4 Å².